The van der Waals surface area contributed by atoms with Crippen LogP contribution in [0.25, 0.3) is 0 Å². The van der Waals surface area contributed by atoms with Crippen LogP contribution in [-0.2, 0) is 19.6 Å². The van der Waals surface area contributed by atoms with Gasteiger partial charge in [-0.1, -0.05) is 18.6 Å². The van der Waals surface area contributed by atoms with E-state index in [4.69, 9.17) is 4.74 Å². The summed E-state index contributed by atoms with van der Waals surface area (Å²) in [5.74, 6) is -1.26. The summed E-state index contributed by atoms with van der Waals surface area (Å²) < 4.78 is 32.4. The van der Waals surface area contributed by atoms with Gasteiger partial charge in [0.05, 0.1) is 11.5 Å². The summed E-state index contributed by atoms with van der Waals surface area (Å²) in [6.45, 7) is 3.50. The van der Waals surface area contributed by atoms with Crippen molar-refractivity contribution in [2.24, 2.45) is 0 Å². The molecule has 0 radical (unpaired) electrons. The number of amides is 1. The second-order valence-corrected chi connectivity index (χ2v) is 9.70. The second kappa shape index (κ2) is 9.67. The zero-order valence-corrected chi connectivity index (χ0v) is 18.8. The molecule has 1 aromatic heterocycles. The largest absolute Gasteiger partial charge is 0.461 e. The summed E-state index contributed by atoms with van der Waals surface area (Å²) in [5.41, 5.74) is 0.494. The molecule has 0 bridgehead atoms. The number of hydrogen-bond acceptors (Lipinski definition) is 8. The molecular formula is C20H23N3O6S2. The molecule has 31 heavy (non-hydrogen) atoms. The maximum Gasteiger partial charge on any atom is 0.357 e. The average Bonchev–Trinajstić information content (AvgIpc) is 3.22. The van der Waals surface area contributed by atoms with Crippen molar-refractivity contribution >= 4 is 44.2 Å². The Hall–Kier alpha value is -2.63. The van der Waals surface area contributed by atoms with Crippen LogP contribution < -0.4 is 5.32 Å². The minimum absolute atomic E-state index is 0.0241. The first-order valence-corrected chi connectivity index (χ1v) is 12.1. The summed E-state index contributed by atoms with van der Waals surface area (Å²) in [4.78, 5) is 40.2. The van der Waals surface area contributed by atoms with E-state index in [9.17, 15) is 22.8 Å². The third kappa shape index (κ3) is 5.17. The number of ether oxygens (including phenoxy) is 1. The van der Waals surface area contributed by atoms with Gasteiger partial charge in [-0.3, -0.25) is 9.59 Å². The maximum absolute atomic E-state index is 13.2. The highest BCUT2D eigenvalue weighted by Gasteiger charge is 2.38. The predicted molar refractivity (Wildman–Crippen MR) is 115 cm³/mol. The van der Waals surface area contributed by atoms with Gasteiger partial charge in [0, 0.05) is 17.5 Å². The second-order valence-electron chi connectivity index (χ2n) is 6.96. The van der Waals surface area contributed by atoms with Gasteiger partial charge >= 0.3 is 5.97 Å². The Bertz CT molecular complexity index is 1080. The minimum Gasteiger partial charge on any atom is -0.461 e. The Morgan fingerprint density at radius 2 is 1.94 bits per heavy atom. The van der Waals surface area contributed by atoms with Crippen LogP contribution >= 0.6 is 11.3 Å². The number of carbonyl (C=O) groups is 3. The van der Waals surface area contributed by atoms with Crippen LogP contribution in [0.15, 0.2) is 34.5 Å². The highest BCUT2D eigenvalue weighted by Crippen LogP contribution is 2.27. The number of anilines is 1. The van der Waals surface area contributed by atoms with Gasteiger partial charge in [0.15, 0.2) is 16.6 Å². The van der Waals surface area contributed by atoms with Crippen molar-refractivity contribution in [1.82, 2.24) is 9.29 Å². The Kier molecular flexibility index (Phi) is 7.19. The molecule has 0 aliphatic carbocycles. The molecule has 1 atom stereocenters. The number of ketones is 1. The Labute approximate surface area is 184 Å². The topological polar surface area (TPSA) is 123 Å². The summed E-state index contributed by atoms with van der Waals surface area (Å²) >= 11 is 1.06. The van der Waals surface area contributed by atoms with Crippen LogP contribution in [0.2, 0.25) is 0 Å². The average molecular weight is 466 g/mol. The van der Waals surface area contributed by atoms with E-state index < -0.39 is 27.9 Å². The fourth-order valence-corrected chi connectivity index (χ4v) is 5.61. The summed E-state index contributed by atoms with van der Waals surface area (Å²) in [5, 5.41) is 4.28. The molecule has 3 rings (SSSR count). The molecule has 1 aliphatic heterocycles. The van der Waals surface area contributed by atoms with Gasteiger partial charge in [-0.25, -0.2) is 18.2 Å². The lowest BCUT2D eigenvalue weighted by atomic mass is 10.0. The number of sulfonamides is 1. The SMILES string of the molecule is CCOC(=O)c1csc(NC(=O)C2CCCCN2S(=O)(=O)c2ccc(C(C)=O)cc2)n1. The molecule has 1 N–H and O–H groups in total. The van der Waals surface area contributed by atoms with Crippen molar-refractivity contribution in [3.05, 3.63) is 40.9 Å². The lowest BCUT2D eigenvalue weighted by Gasteiger charge is -2.33. The summed E-state index contributed by atoms with van der Waals surface area (Å²) in [7, 11) is -3.94. The number of piperidine rings is 1. The van der Waals surface area contributed by atoms with Crippen LogP contribution in [0.5, 0.6) is 0 Å². The van der Waals surface area contributed by atoms with E-state index in [0.717, 1.165) is 11.3 Å². The van der Waals surface area contributed by atoms with Gasteiger partial charge in [0.25, 0.3) is 0 Å². The fourth-order valence-electron chi connectivity index (χ4n) is 3.27. The van der Waals surface area contributed by atoms with E-state index >= 15 is 0 Å². The predicted octanol–water partition coefficient (Wildman–Crippen LogP) is 2.70. The summed E-state index contributed by atoms with van der Waals surface area (Å²) in [6.07, 6.45) is 1.71. The smallest absolute Gasteiger partial charge is 0.357 e. The molecule has 9 nitrogen and oxygen atoms in total. The summed E-state index contributed by atoms with van der Waals surface area (Å²) in [6, 6.07) is 4.77. The molecule has 1 aliphatic rings. The molecule has 1 saturated heterocycles. The van der Waals surface area contributed by atoms with Crippen LogP contribution in [0.3, 0.4) is 0 Å². The van der Waals surface area contributed by atoms with Crippen LogP contribution in [-0.4, -0.2) is 54.6 Å². The Morgan fingerprint density at radius 3 is 2.58 bits per heavy atom. The number of thiazole rings is 1. The molecule has 1 aromatic carbocycles. The molecular weight excluding hydrogens is 442 g/mol. The van der Waals surface area contributed by atoms with Gasteiger partial charge < -0.3 is 10.1 Å². The molecule has 1 unspecified atom stereocenters. The van der Waals surface area contributed by atoms with Crippen molar-refractivity contribution in [3.63, 3.8) is 0 Å². The van der Waals surface area contributed by atoms with E-state index in [1.54, 1.807) is 6.92 Å². The normalized spacial score (nSPS) is 17.2. The first kappa shape index (κ1) is 23.0. The van der Waals surface area contributed by atoms with Crippen molar-refractivity contribution in [2.75, 3.05) is 18.5 Å². The number of Topliss-reactive ketones (excluding diaryl/α,β-unsaturated/α-hetero) is 1. The first-order valence-electron chi connectivity index (χ1n) is 9.80. The number of benzene rings is 1. The molecule has 0 spiro atoms. The number of carbonyl (C=O) groups excluding carboxylic acids is 3. The van der Waals surface area contributed by atoms with Gasteiger partial charge in [0.2, 0.25) is 15.9 Å². The van der Waals surface area contributed by atoms with Crippen LogP contribution in [0.4, 0.5) is 5.13 Å². The number of rotatable bonds is 7. The molecule has 0 saturated carbocycles. The lowest BCUT2D eigenvalue weighted by Crippen LogP contribution is -2.49. The molecule has 2 heterocycles. The zero-order chi connectivity index (χ0) is 22.6. The standard InChI is InChI=1S/C20H23N3O6S2/c1-3-29-19(26)16-12-30-20(21-16)22-18(25)17-6-4-5-11-23(17)31(27,28)15-9-7-14(8-10-15)13(2)24/h7-10,12,17H,3-6,11H2,1-2H3,(H,21,22,25). The van der Waals surface area contributed by atoms with E-state index in [1.807, 2.05) is 0 Å². The van der Waals surface area contributed by atoms with Gasteiger partial charge in [-0.2, -0.15) is 4.31 Å². The Morgan fingerprint density at radius 1 is 1.23 bits per heavy atom. The number of hydrogen-bond donors (Lipinski definition) is 1. The van der Waals surface area contributed by atoms with Gasteiger partial charge in [-0.15, -0.1) is 11.3 Å². The van der Waals surface area contributed by atoms with E-state index in [2.05, 4.69) is 10.3 Å². The van der Waals surface area contributed by atoms with E-state index in [1.165, 1.54) is 40.9 Å². The van der Waals surface area contributed by atoms with Gasteiger partial charge in [0.1, 0.15) is 6.04 Å². The quantitative estimate of drug-likeness (QED) is 0.493. The molecule has 1 fully saturated rings. The molecule has 11 heteroatoms. The van der Waals surface area contributed by atoms with Crippen molar-refractivity contribution in [2.45, 2.75) is 44.0 Å². The number of esters is 1. The number of nitrogens with zero attached hydrogens (tertiary/aromatic N) is 2. The van der Waals surface area contributed by atoms with Crippen molar-refractivity contribution in [1.29, 1.82) is 0 Å². The van der Waals surface area contributed by atoms with Crippen LogP contribution in [0.1, 0.15) is 54.0 Å². The van der Waals surface area contributed by atoms with Gasteiger partial charge in [-0.05, 0) is 38.8 Å². The van der Waals surface area contributed by atoms with E-state index in [0.29, 0.717) is 24.8 Å². The lowest BCUT2D eigenvalue weighted by molar-refractivity contribution is -0.120. The third-order valence-corrected chi connectivity index (χ3v) is 7.52. The van der Waals surface area contributed by atoms with Crippen LogP contribution in [0, 0.1) is 0 Å². The van der Waals surface area contributed by atoms with E-state index in [-0.39, 0.29) is 34.7 Å². The number of nitrogens with one attached hydrogen (secondary N) is 1. The first-order chi connectivity index (χ1) is 14.7. The molecule has 1 amide bonds. The Balaban J connectivity index is 1.78. The fraction of sp³-hybridized carbons (Fsp3) is 0.400. The molecule has 166 valence electrons. The van der Waals surface area contributed by atoms with Crippen molar-refractivity contribution < 1.29 is 27.5 Å². The number of aromatic nitrogens is 1. The maximum atomic E-state index is 13.2. The monoisotopic (exact) mass is 465 g/mol. The third-order valence-electron chi connectivity index (χ3n) is 4.84. The minimum atomic E-state index is -3.94. The van der Waals surface area contributed by atoms with Crippen molar-refractivity contribution in [3.8, 4) is 0 Å². The molecule has 2 aromatic rings. The zero-order valence-electron chi connectivity index (χ0n) is 17.2. The highest BCUT2D eigenvalue weighted by molar-refractivity contribution is 7.89. The highest BCUT2D eigenvalue weighted by atomic mass is 32.2.